The van der Waals surface area contributed by atoms with E-state index in [0.717, 1.165) is 18.2 Å². The number of hydrogen-bond acceptors (Lipinski definition) is 5. The third-order valence-electron chi connectivity index (χ3n) is 3.84. The molecule has 6 nitrogen and oxygen atoms in total. The summed E-state index contributed by atoms with van der Waals surface area (Å²) < 4.78 is 58.9. The summed E-state index contributed by atoms with van der Waals surface area (Å²) >= 11 is 0. The number of rotatable bonds is 4. The van der Waals surface area contributed by atoms with Crippen LogP contribution in [0.15, 0.2) is 54.4 Å². The molecule has 4 N–H and O–H groups in total. The summed E-state index contributed by atoms with van der Waals surface area (Å²) in [5, 5.41) is 0. The molecule has 2 heterocycles. The lowest BCUT2D eigenvalue weighted by atomic mass is 10.2. The average Bonchev–Trinajstić information content (AvgIpc) is 3.04. The van der Waals surface area contributed by atoms with E-state index in [1.54, 1.807) is 0 Å². The first-order chi connectivity index (χ1) is 13.2. The molecular weight excluding hydrogens is 378 g/mol. The van der Waals surface area contributed by atoms with Gasteiger partial charge in [-0.25, -0.2) is 9.97 Å². The maximum absolute atomic E-state index is 13.6. The molecule has 0 aliphatic rings. The standard InChI is InChI=1S/C18H15F4N5O/c1-28-16(24)8-7-15(23)27-13-6-5-10(18(20,21)22)9-12(13)26-17(27)11-3-2-4-14(19)25-11/h2-9H,23-24H2,1H3/b15-7+,16-8+. The van der Waals surface area contributed by atoms with Crippen LogP contribution in [0.25, 0.3) is 28.4 Å². The second-order valence-corrected chi connectivity index (χ2v) is 5.68. The molecule has 0 spiro atoms. The molecule has 3 rings (SSSR count). The van der Waals surface area contributed by atoms with Gasteiger partial charge in [0.2, 0.25) is 5.95 Å². The molecule has 0 bridgehead atoms. The Morgan fingerprint density at radius 1 is 1.11 bits per heavy atom. The van der Waals surface area contributed by atoms with Gasteiger partial charge in [0.1, 0.15) is 11.5 Å². The number of methoxy groups -OCH3 is 1. The highest BCUT2D eigenvalue weighted by molar-refractivity contribution is 5.85. The summed E-state index contributed by atoms with van der Waals surface area (Å²) in [6, 6.07) is 7.05. The molecule has 10 heteroatoms. The molecule has 0 unspecified atom stereocenters. The van der Waals surface area contributed by atoms with Crippen molar-refractivity contribution in [2.45, 2.75) is 6.18 Å². The predicted molar refractivity (Wildman–Crippen MR) is 95.7 cm³/mol. The Morgan fingerprint density at radius 2 is 1.86 bits per heavy atom. The number of aromatic nitrogens is 3. The zero-order chi connectivity index (χ0) is 20.5. The topological polar surface area (TPSA) is 92.0 Å². The molecule has 0 radical (unpaired) electrons. The van der Waals surface area contributed by atoms with E-state index >= 15 is 0 Å². The Hall–Kier alpha value is -3.56. The van der Waals surface area contributed by atoms with Gasteiger partial charge in [0.25, 0.3) is 0 Å². The van der Waals surface area contributed by atoms with E-state index in [2.05, 4.69) is 9.97 Å². The Balaban J connectivity index is 2.27. The Labute approximate surface area is 156 Å². The number of fused-ring (bicyclic) bond motifs is 1. The monoisotopic (exact) mass is 393 g/mol. The van der Waals surface area contributed by atoms with Crippen LogP contribution in [-0.4, -0.2) is 21.6 Å². The molecule has 0 amide bonds. The van der Waals surface area contributed by atoms with Crippen LogP contribution in [0.5, 0.6) is 0 Å². The smallest absolute Gasteiger partial charge is 0.416 e. The minimum Gasteiger partial charge on any atom is -0.483 e. The molecule has 0 atom stereocenters. The first kappa shape index (κ1) is 19.2. The van der Waals surface area contributed by atoms with Crippen LogP contribution >= 0.6 is 0 Å². The van der Waals surface area contributed by atoms with Gasteiger partial charge in [0.15, 0.2) is 11.7 Å². The number of benzene rings is 1. The van der Waals surface area contributed by atoms with Gasteiger partial charge in [-0.1, -0.05) is 6.07 Å². The Morgan fingerprint density at radius 3 is 2.50 bits per heavy atom. The van der Waals surface area contributed by atoms with Gasteiger partial charge in [-0.05, 0) is 36.4 Å². The van der Waals surface area contributed by atoms with Gasteiger partial charge in [0, 0.05) is 6.08 Å². The van der Waals surface area contributed by atoms with Gasteiger partial charge in [-0.3, -0.25) is 4.57 Å². The Bertz CT molecular complexity index is 1090. The van der Waals surface area contributed by atoms with Crippen molar-refractivity contribution in [2.24, 2.45) is 11.5 Å². The van der Waals surface area contributed by atoms with Gasteiger partial charge < -0.3 is 16.2 Å². The van der Waals surface area contributed by atoms with Crippen molar-refractivity contribution >= 4 is 16.9 Å². The van der Waals surface area contributed by atoms with E-state index < -0.39 is 17.7 Å². The van der Waals surface area contributed by atoms with E-state index in [0.29, 0.717) is 0 Å². The molecular formula is C18H15F4N5O. The SMILES string of the molecule is CO/C(N)=C/C=C(\N)n1c(-c2cccc(F)n2)nc2cc(C(F)(F)F)ccc21. The van der Waals surface area contributed by atoms with Crippen molar-refractivity contribution in [3.63, 3.8) is 0 Å². The Kier molecular flexibility index (Phi) is 4.95. The summed E-state index contributed by atoms with van der Waals surface area (Å²) in [4.78, 5) is 7.94. The number of hydrogen-bond donors (Lipinski definition) is 2. The van der Waals surface area contributed by atoms with Crippen LogP contribution in [0.4, 0.5) is 17.6 Å². The highest BCUT2D eigenvalue weighted by atomic mass is 19.4. The van der Waals surface area contributed by atoms with Gasteiger partial charge >= 0.3 is 6.18 Å². The lowest BCUT2D eigenvalue weighted by Crippen LogP contribution is -2.09. The zero-order valence-corrected chi connectivity index (χ0v) is 14.5. The van der Waals surface area contributed by atoms with Crippen molar-refractivity contribution < 1.29 is 22.3 Å². The predicted octanol–water partition coefficient (Wildman–Crippen LogP) is 3.46. The number of allylic oxidation sites excluding steroid dienone is 2. The highest BCUT2D eigenvalue weighted by Crippen LogP contribution is 2.33. The minimum absolute atomic E-state index is 0.0240. The van der Waals surface area contributed by atoms with E-state index in [4.69, 9.17) is 16.2 Å². The zero-order valence-electron chi connectivity index (χ0n) is 14.5. The number of nitrogens with zero attached hydrogens (tertiary/aromatic N) is 3. The van der Waals surface area contributed by atoms with Crippen molar-refractivity contribution in [2.75, 3.05) is 7.11 Å². The van der Waals surface area contributed by atoms with Crippen LogP contribution in [0.3, 0.4) is 0 Å². The molecule has 0 saturated heterocycles. The number of nitrogens with two attached hydrogens (primary N) is 2. The van der Waals surface area contributed by atoms with Crippen LogP contribution < -0.4 is 11.5 Å². The minimum atomic E-state index is -4.54. The van der Waals surface area contributed by atoms with E-state index in [-0.39, 0.29) is 34.3 Å². The molecule has 0 fully saturated rings. The summed E-state index contributed by atoms with van der Waals surface area (Å²) in [5.41, 5.74) is 11.2. The maximum atomic E-state index is 13.6. The number of alkyl halides is 3. The highest BCUT2D eigenvalue weighted by Gasteiger charge is 2.31. The van der Waals surface area contributed by atoms with Crippen LogP contribution in [0.1, 0.15) is 5.56 Å². The summed E-state index contributed by atoms with van der Waals surface area (Å²) in [6.45, 7) is 0. The summed E-state index contributed by atoms with van der Waals surface area (Å²) in [6.07, 6.45) is -1.78. The fraction of sp³-hybridized carbons (Fsp3) is 0.111. The first-order valence-electron chi connectivity index (χ1n) is 7.90. The largest absolute Gasteiger partial charge is 0.483 e. The second-order valence-electron chi connectivity index (χ2n) is 5.68. The molecule has 0 saturated carbocycles. The summed E-state index contributed by atoms with van der Waals surface area (Å²) in [5.74, 6) is -0.550. The number of ether oxygens (including phenoxy) is 1. The quantitative estimate of drug-likeness (QED) is 0.307. The third kappa shape index (κ3) is 3.75. The fourth-order valence-corrected chi connectivity index (χ4v) is 2.53. The van der Waals surface area contributed by atoms with Crippen molar-refractivity contribution in [1.82, 2.24) is 14.5 Å². The van der Waals surface area contributed by atoms with Crippen molar-refractivity contribution in [1.29, 1.82) is 0 Å². The van der Waals surface area contributed by atoms with Crippen LogP contribution in [0.2, 0.25) is 0 Å². The fourth-order valence-electron chi connectivity index (χ4n) is 2.53. The number of halogens is 4. The number of pyridine rings is 1. The normalized spacial score (nSPS) is 13.2. The molecule has 2 aromatic heterocycles. The molecule has 1 aromatic carbocycles. The molecule has 0 aliphatic carbocycles. The summed E-state index contributed by atoms with van der Waals surface area (Å²) in [7, 11) is 1.36. The average molecular weight is 393 g/mol. The van der Waals surface area contributed by atoms with Gasteiger partial charge in [-0.2, -0.15) is 17.6 Å². The number of imidazole rings is 1. The lowest BCUT2D eigenvalue weighted by Gasteiger charge is -2.10. The molecule has 3 aromatic rings. The third-order valence-corrected chi connectivity index (χ3v) is 3.84. The maximum Gasteiger partial charge on any atom is 0.416 e. The molecule has 146 valence electrons. The second kappa shape index (κ2) is 7.22. The lowest BCUT2D eigenvalue weighted by molar-refractivity contribution is -0.137. The van der Waals surface area contributed by atoms with Gasteiger partial charge in [0.05, 0.1) is 23.7 Å². The van der Waals surface area contributed by atoms with E-state index in [1.165, 1.54) is 42.0 Å². The van der Waals surface area contributed by atoms with E-state index in [9.17, 15) is 17.6 Å². The van der Waals surface area contributed by atoms with Crippen molar-refractivity contribution in [3.8, 4) is 11.5 Å². The molecule has 0 aliphatic heterocycles. The van der Waals surface area contributed by atoms with Gasteiger partial charge in [-0.15, -0.1) is 0 Å². The van der Waals surface area contributed by atoms with Crippen LogP contribution in [0, 0.1) is 5.95 Å². The first-order valence-corrected chi connectivity index (χ1v) is 7.90. The molecule has 28 heavy (non-hydrogen) atoms. The van der Waals surface area contributed by atoms with E-state index in [1.807, 2.05) is 0 Å². The van der Waals surface area contributed by atoms with Crippen LogP contribution in [-0.2, 0) is 10.9 Å². The van der Waals surface area contributed by atoms with Crippen molar-refractivity contribution in [3.05, 3.63) is 65.9 Å².